The highest BCUT2D eigenvalue weighted by atomic mass is 19.4. The van der Waals surface area contributed by atoms with Crippen molar-refractivity contribution in [2.45, 2.75) is 44.9 Å². The van der Waals surface area contributed by atoms with Crippen LogP contribution in [0, 0.1) is 17.5 Å². The van der Waals surface area contributed by atoms with Gasteiger partial charge in [-0.3, -0.25) is 0 Å². The summed E-state index contributed by atoms with van der Waals surface area (Å²) in [6.07, 6.45) is -4.76. The third-order valence-electron chi connectivity index (χ3n) is 7.62. The summed E-state index contributed by atoms with van der Waals surface area (Å²) >= 11 is 0. The first-order valence-corrected chi connectivity index (χ1v) is 14.6. The Hall–Kier alpha value is -4.66. The van der Waals surface area contributed by atoms with E-state index in [0.717, 1.165) is 30.4 Å². The van der Waals surface area contributed by atoms with E-state index in [1.165, 1.54) is 24.1 Å². The van der Waals surface area contributed by atoms with Crippen LogP contribution in [0.3, 0.4) is 0 Å². The summed E-state index contributed by atoms with van der Waals surface area (Å²) in [6, 6.07) is 23.1. The molecule has 0 radical (unpaired) electrons. The van der Waals surface area contributed by atoms with Gasteiger partial charge >= 0.3 is 12.3 Å². The van der Waals surface area contributed by atoms with Gasteiger partial charge in [-0.25, -0.2) is 13.2 Å². The van der Waals surface area contributed by atoms with Gasteiger partial charge in [-0.05, 0) is 88.7 Å². The lowest BCUT2D eigenvalue weighted by Gasteiger charge is -2.20. The van der Waals surface area contributed by atoms with E-state index in [-0.39, 0.29) is 11.1 Å². The molecule has 0 spiro atoms. The normalized spacial score (nSPS) is 11.9. The van der Waals surface area contributed by atoms with Gasteiger partial charge < -0.3 is 4.74 Å². The van der Waals surface area contributed by atoms with E-state index in [9.17, 15) is 30.7 Å². The summed E-state index contributed by atoms with van der Waals surface area (Å²) in [6.45, 7) is 2.17. The first-order chi connectivity index (χ1) is 21.9. The van der Waals surface area contributed by atoms with Gasteiger partial charge in [0.15, 0.2) is 0 Å². The standard InChI is InChI=1S/C37H28F8O/c1-2-3-4-5-23-6-8-24(9-7-23)25-10-12-26(13-11-25)27-14-19-31(32(38)20-27)28-21-33(39)35(34(40)22-28)37(44,45)46-30-17-15-29(16-18-30)36(41,42)43/h6-22H,2-5H2,1H3. The molecule has 46 heavy (non-hydrogen) atoms. The van der Waals surface area contributed by atoms with Gasteiger partial charge in [0.25, 0.3) is 0 Å². The van der Waals surface area contributed by atoms with Crippen LogP contribution in [0.2, 0.25) is 0 Å². The zero-order chi connectivity index (χ0) is 33.1. The monoisotopic (exact) mass is 640 g/mol. The minimum absolute atomic E-state index is 0.226. The zero-order valence-electron chi connectivity index (χ0n) is 24.6. The Balaban J connectivity index is 1.32. The van der Waals surface area contributed by atoms with Crippen molar-refractivity contribution in [1.82, 2.24) is 0 Å². The molecule has 5 aromatic rings. The van der Waals surface area contributed by atoms with Gasteiger partial charge in [0.05, 0.1) is 5.56 Å². The molecule has 0 aliphatic carbocycles. The minimum atomic E-state index is -4.71. The third-order valence-corrected chi connectivity index (χ3v) is 7.62. The lowest BCUT2D eigenvalue weighted by molar-refractivity contribution is -0.189. The smallest absolute Gasteiger partial charge is 0.429 e. The molecule has 0 bridgehead atoms. The number of unbranched alkanes of at least 4 members (excludes halogenated alkanes) is 2. The zero-order valence-corrected chi connectivity index (χ0v) is 24.6. The summed E-state index contributed by atoms with van der Waals surface area (Å²) in [5, 5.41) is 0. The lowest BCUT2D eigenvalue weighted by atomic mass is 9.96. The predicted molar refractivity (Wildman–Crippen MR) is 162 cm³/mol. The van der Waals surface area contributed by atoms with E-state index in [4.69, 9.17) is 0 Å². The van der Waals surface area contributed by atoms with Crippen molar-refractivity contribution >= 4 is 0 Å². The number of hydrogen-bond donors (Lipinski definition) is 0. The largest absolute Gasteiger partial charge is 0.432 e. The SMILES string of the molecule is CCCCCc1ccc(-c2ccc(-c3ccc(-c4cc(F)c(C(F)(F)Oc5ccc(C(F)(F)F)cc5)c(F)c4)c(F)c3)cc2)cc1. The molecule has 0 heterocycles. The summed E-state index contributed by atoms with van der Waals surface area (Å²) in [7, 11) is 0. The number of halogens is 8. The van der Waals surface area contributed by atoms with Crippen LogP contribution in [0.5, 0.6) is 5.75 Å². The maximum Gasteiger partial charge on any atom is 0.432 e. The average molecular weight is 641 g/mol. The first-order valence-electron chi connectivity index (χ1n) is 14.6. The molecule has 0 saturated heterocycles. The number of benzene rings is 5. The Morgan fingerprint density at radius 3 is 1.57 bits per heavy atom. The number of alkyl halides is 5. The molecule has 0 N–H and O–H groups in total. The number of ether oxygens (including phenoxy) is 1. The van der Waals surface area contributed by atoms with Crippen molar-refractivity contribution in [3.8, 4) is 39.1 Å². The average Bonchev–Trinajstić information content (AvgIpc) is 3.01. The molecule has 0 atom stereocenters. The molecule has 0 saturated carbocycles. The Bertz CT molecular complexity index is 1770. The number of hydrogen-bond acceptors (Lipinski definition) is 1. The fraction of sp³-hybridized carbons (Fsp3) is 0.189. The second kappa shape index (κ2) is 13.4. The third kappa shape index (κ3) is 7.41. The fourth-order valence-corrected chi connectivity index (χ4v) is 5.14. The molecule has 0 aliphatic heterocycles. The van der Waals surface area contributed by atoms with Crippen LogP contribution in [-0.2, 0) is 18.7 Å². The summed E-state index contributed by atoms with van der Waals surface area (Å²) in [5.74, 6) is -5.02. The van der Waals surface area contributed by atoms with Gasteiger partial charge in [-0.15, -0.1) is 0 Å². The maximum absolute atomic E-state index is 15.2. The summed E-state index contributed by atoms with van der Waals surface area (Å²) in [5.41, 5.74) is 1.04. The van der Waals surface area contributed by atoms with Crippen molar-refractivity contribution in [2.75, 3.05) is 0 Å². The van der Waals surface area contributed by atoms with E-state index < -0.39 is 46.6 Å². The molecule has 1 nitrogen and oxygen atoms in total. The van der Waals surface area contributed by atoms with Gasteiger partial charge in [0.1, 0.15) is 28.8 Å². The van der Waals surface area contributed by atoms with E-state index in [1.54, 1.807) is 6.07 Å². The first kappa shape index (κ1) is 32.7. The topological polar surface area (TPSA) is 9.23 Å². The molecule has 5 aromatic carbocycles. The Labute approximate surface area is 261 Å². The van der Waals surface area contributed by atoms with Crippen LogP contribution in [0.15, 0.2) is 103 Å². The molecule has 0 unspecified atom stereocenters. The maximum atomic E-state index is 15.2. The summed E-state index contributed by atoms with van der Waals surface area (Å²) in [4.78, 5) is 0. The van der Waals surface area contributed by atoms with Gasteiger partial charge in [-0.1, -0.05) is 80.4 Å². The molecule has 5 rings (SSSR count). The van der Waals surface area contributed by atoms with Crippen molar-refractivity contribution in [3.63, 3.8) is 0 Å². The van der Waals surface area contributed by atoms with Gasteiger partial charge in [0, 0.05) is 5.56 Å². The van der Waals surface area contributed by atoms with E-state index in [1.807, 2.05) is 24.3 Å². The van der Waals surface area contributed by atoms with E-state index in [0.29, 0.717) is 47.5 Å². The highest BCUT2D eigenvalue weighted by Gasteiger charge is 2.41. The predicted octanol–water partition coefficient (Wildman–Crippen LogP) is 12.0. The fourth-order valence-electron chi connectivity index (χ4n) is 5.14. The van der Waals surface area contributed by atoms with Crippen molar-refractivity contribution < 1.29 is 39.9 Å². The van der Waals surface area contributed by atoms with Crippen molar-refractivity contribution in [2.24, 2.45) is 0 Å². The van der Waals surface area contributed by atoms with Crippen LogP contribution >= 0.6 is 0 Å². The molecule has 0 amide bonds. The number of aryl methyl sites for hydroxylation is 1. The van der Waals surface area contributed by atoms with Crippen LogP contribution in [0.1, 0.15) is 42.9 Å². The van der Waals surface area contributed by atoms with Crippen LogP contribution in [0.25, 0.3) is 33.4 Å². The van der Waals surface area contributed by atoms with Crippen LogP contribution in [-0.4, -0.2) is 0 Å². The molecule has 238 valence electrons. The molecule has 0 aliphatic rings. The highest BCUT2D eigenvalue weighted by Crippen LogP contribution is 2.39. The van der Waals surface area contributed by atoms with Crippen LogP contribution in [0.4, 0.5) is 35.1 Å². The summed E-state index contributed by atoms with van der Waals surface area (Å²) < 4.78 is 117. The molecule has 9 heteroatoms. The lowest BCUT2D eigenvalue weighted by Crippen LogP contribution is -2.25. The quantitative estimate of drug-likeness (QED) is 0.109. The Morgan fingerprint density at radius 2 is 1.04 bits per heavy atom. The Morgan fingerprint density at radius 1 is 0.543 bits per heavy atom. The van der Waals surface area contributed by atoms with Crippen molar-refractivity contribution in [1.29, 1.82) is 0 Å². The number of rotatable bonds is 10. The van der Waals surface area contributed by atoms with Crippen LogP contribution < -0.4 is 4.74 Å². The van der Waals surface area contributed by atoms with Gasteiger partial charge in [0.2, 0.25) is 0 Å². The van der Waals surface area contributed by atoms with Gasteiger partial charge in [-0.2, -0.15) is 22.0 Å². The second-order valence-electron chi connectivity index (χ2n) is 10.9. The van der Waals surface area contributed by atoms with E-state index >= 15 is 4.39 Å². The second-order valence-corrected chi connectivity index (χ2v) is 10.9. The Kier molecular flexibility index (Phi) is 9.51. The highest BCUT2D eigenvalue weighted by molar-refractivity contribution is 5.74. The molecule has 0 fully saturated rings. The molecular formula is C37H28F8O. The molecule has 0 aromatic heterocycles. The van der Waals surface area contributed by atoms with E-state index in [2.05, 4.69) is 35.9 Å². The molecular weight excluding hydrogens is 612 g/mol. The van der Waals surface area contributed by atoms with Crippen molar-refractivity contribution in [3.05, 3.63) is 137 Å². The minimum Gasteiger partial charge on any atom is -0.429 e.